The van der Waals surface area contributed by atoms with E-state index in [0.717, 1.165) is 31.7 Å². The first-order chi connectivity index (χ1) is 9.19. The highest BCUT2D eigenvalue weighted by atomic mass is 16.5. The molecule has 1 fully saturated rings. The van der Waals surface area contributed by atoms with Crippen LogP contribution in [0.2, 0.25) is 0 Å². The van der Waals surface area contributed by atoms with Crippen LogP contribution >= 0.6 is 0 Å². The van der Waals surface area contributed by atoms with Gasteiger partial charge in [-0.2, -0.15) is 0 Å². The third-order valence-electron chi connectivity index (χ3n) is 3.68. The molecule has 1 atom stereocenters. The SMILES string of the molecule is CCC(=O)N1CCCC(COc2ccc(C)cc2)C1. The van der Waals surface area contributed by atoms with Gasteiger partial charge in [0.15, 0.2) is 0 Å². The van der Waals surface area contributed by atoms with E-state index in [2.05, 4.69) is 19.1 Å². The lowest BCUT2D eigenvalue weighted by molar-refractivity contribution is -0.132. The third-order valence-corrected chi connectivity index (χ3v) is 3.68. The number of hydrogen-bond acceptors (Lipinski definition) is 2. The molecule has 1 aromatic carbocycles. The van der Waals surface area contributed by atoms with Crippen LogP contribution in [-0.2, 0) is 4.79 Å². The Morgan fingerprint density at radius 2 is 2.11 bits per heavy atom. The predicted molar refractivity (Wildman–Crippen MR) is 76.3 cm³/mol. The van der Waals surface area contributed by atoms with Gasteiger partial charge in [-0.25, -0.2) is 0 Å². The minimum absolute atomic E-state index is 0.264. The van der Waals surface area contributed by atoms with Crippen LogP contribution in [0, 0.1) is 12.8 Å². The number of aryl methyl sites for hydroxylation is 1. The van der Waals surface area contributed by atoms with Crippen molar-refractivity contribution in [2.75, 3.05) is 19.7 Å². The average Bonchev–Trinajstić information content (AvgIpc) is 2.46. The number of carbonyl (C=O) groups excluding carboxylic acids is 1. The van der Waals surface area contributed by atoms with Gasteiger partial charge in [-0.05, 0) is 31.9 Å². The number of benzene rings is 1. The molecule has 0 N–H and O–H groups in total. The van der Waals surface area contributed by atoms with Crippen molar-refractivity contribution in [1.82, 2.24) is 4.90 Å². The summed E-state index contributed by atoms with van der Waals surface area (Å²) in [6.07, 6.45) is 2.85. The van der Waals surface area contributed by atoms with Crippen molar-refractivity contribution >= 4 is 5.91 Å². The van der Waals surface area contributed by atoms with E-state index < -0.39 is 0 Å². The minimum atomic E-state index is 0.264. The van der Waals surface area contributed by atoms with Crippen LogP contribution in [0.3, 0.4) is 0 Å². The van der Waals surface area contributed by atoms with Crippen molar-refractivity contribution < 1.29 is 9.53 Å². The Morgan fingerprint density at radius 1 is 1.37 bits per heavy atom. The van der Waals surface area contributed by atoms with Gasteiger partial charge in [0.25, 0.3) is 0 Å². The summed E-state index contributed by atoms with van der Waals surface area (Å²) in [7, 11) is 0. The largest absolute Gasteiger partial charge is 0.493 e. The molecule has 0 spiro atoms. The van der Waals surface area contributed by atoms with E-state index in [1.54, 1.807) is 0 Å². The molecule has 0 saturated carbocycles. The molecule has 0 bridgehead atoms. The zero-order chi connectivity index (χ0) is 13.7. The number of piperidine rings is 1. The summed E-state index contributed by atoms with van der Waals surface area (Å²) in [4.78, 5) is 13.7. The van der Waals surface area contributed by atoms with Gasteiger partial charge in [0, 0.05) is 25.4 Å². The van der Waals surface area contributed by atoms with Gasteiger partial charge in [0.1, 0.15) is 5.75 Å². The Labute approximate surface area is 115 Å². The van der Waals surface area contributed by atoms with E-state index in [-0.39, 0.29) is 5.91 Å². The topological polar surface area (TPSA) is 29.5 Å². The van der Waals surface area contributed by atoms with Crippen LogP contribution in [0.1, 0.15) is 31.7 Å². The third kappa shape index (κ3) is 3.98. The van der Waals surface area contributed by atoms with Crippen molar-refractivity contribution in [2.24, 2.45) is 5.92 Å². The number of carbonyl (C=O) groups is 1. The van der Waals surface area contributed by atoms with Gasteiger partial charge >= 0.3 is 0 Å². The molecule has 0 aliphatic carbocycles. The van der Waals surface area contributed by atoms with Crippen LogP contribution < -0.4 is 4.74 Å². The number of ether oxygens (including phenoxy) is 1. The van der Waals surface area contributed by atoms with E-state index >= 15 is 0 Å². The quantitative estimate of drug-likeness (QED) is 0.833. The first-order valence-electron chi connectivity index (χ1n) is 7.16. The van der Waals surface area contributed by atoms with Gasteiger partial charge in [-0.15, -0.1) is 0 Å². The number of nitrogens with zero attached hydrogens (tertiary/aromatic N) is 1. The molecule has 1 unspecified atom stereocenters. The number of likely N-dealkylation sites (tertiary alicyclic amines) is 1. The highest BCUT2D eigenvalue weighted by Gasteiger charge is 2.22. The van der Waals surface area contributed by atoms with Gasteiger partial charge < -0.3 is 9.64 Å². The summed E-state index contributed by atoms with van der Waals surface area (Å²) >= 11 is 0. The van der Waals surface area contributed by atoms with Gasteiger partial charge in [0.05, 0.1) is 6.61 Å². The Balaban J connectivity index is 1.82. The molecule has 104 valence electrons. The van der Waals surface area contributed by atoms with Crippen LogP contribution in [0.5, 0.6) is 5.75 Å². The summed E-state index contributed by atoms with van der Waals surface area (Å²) in [6, 6.07) is 8.13. The lowest BCUT2D eigenvalue weighted by Crippen LogP contribution is -2.41. The van der Waals surface area contributed by atoms with Crippen molar-refractivity contribution in [1.29, 1.82) is 0 Å². The standard InChI is InChI=1S/C16H23NO2/c1-3-16(18)17-10-4-5-14(11-17)12-19-15-8-6-13(2)7-9-15/h6-9,14H,3-5,10-12H2,1-2H3. The second-order valence-electron chi connectivity index (χ2n) is 5.33. The molecule has 2 rings (SSSR count). The zero-order valence-corrected chi connectivity index (χ0v) is 11.9. The number of hydrogen-bond donors (Lipinski definition) is 0. The average molecular weight is 261 g/mol. The van der Waals surface area contributed by atoms with E-state index in [4.69, 9.17) is 4.74 Å². The number of rotatable bonds is 4. The fraction of sp³-hybridized carbons (Fsp3) is 0.562. The molecule has 19 heavy (non-hydrogen) atoms. The predicted octanol–water partition coefficient (Wildman–Crippen LogP) is 3.02. The molecule has 3 nitrogen and oxygen atoms in total. The minimum Gasteiger partial charge on any atom is -0.493 e. The fourth-order valence-electron chi connectivity index (χ4n) is 2.50. The molecule has 3 heteroatoms. The van der Waals surface area contributed by atoms with Gasteiger partial charge in [0.2, 0.25) is 5.91 Å². The molecular weight excluding hydrogens is 238 g/mol. The number of amides is 1. The second kappa shape index (κ2) is 6.60. The maximum Gasteiger partial charge on any atom is 0.222 e. The van der Waals surface area contributed by atoms with Gasteiger partial charge in [-0.3, -0.25) is 4.79 Å². The molecule has 1 aliphatic heterocycles. The fourth-order valence-corrected chi connectivity index (χ4v) is 2.50. The van der Waals surface area contributed by atoms with Crippen LogP contribution in [0.25, 0.3) is 0 Å². The molecule has 1 heterocycles. The first-order valence-corrected chi connectivity index (χ1v) is 7.16. The van der Waals surface area contributed by atoms with Crippen molar-refractivity contribution in [3.63, 3.8) is 0 Å². The molecule has 1 aliphatic rings. The smallest absolute Gasteiger partial charge is 0.222 e. The van der Waals surface area contributed by atoms with Crippen molar-refractivity contribution in [2.45, 2.75) is 33.1 Å². The molecular formula is C16H23NO2. The maximum atomic E-state index is 11.7. The maximum absolute atomic E-state index is 11.7. The summed E-state index contributed by atoms with van der Waals surface area (Å²) in [5, 5.41) is 0. The normalized spacial score (nSPS) is 19.3. The monoisotopic (exact) mass is 261 g/mol. The van der Waals surface area contributed by atoms with E-state index in [1.807, 2.05) is 24.0 Å². The molecule has 1 amide bonds. The first kappa shape index (κ1) is 13.9. The summed E-state index contributed by atoms with van der Waals surface area (Å²) in [5.41, 5.74) is 1.24. The van der Waals surface area contributed by atoms with E-state index in [9.17, 15) is 4.79 Å². The Morgan fingerprint density at radius 3 is 2.79 bits per heavy atom. The Hall–Kier alpha value is -1.51. The summed E-state index contributed by atoms with van der Waals surface area (Å²) < 4.78 is 5.82. The Kier molecular flexibility index (Phi) is 4.83. The van der Waals surface area contributed by atoms with Gasteiger partial charge in [-0.1, -0.05) is 24.6 Å². The molecule has 0 radical (unpaired) electrons. The summed E-state index contributed by atoms with van der Waals surface area (Å²) in [6.45, 7) is 6.46. The second-order valence-corrected chi connectivity index (χ2v) is 5.33. The zero-order valence-electron chi connectivity index (χ0n) is 11.9. The van der Waals surface area contributed by atoms with Crippen LogP contribution in [-0.4, -0.2) is 30.5 Å². The van der Waals surface area contributed by atoms with Crippen molar-refractivity contribution in [3.05, 3.63) is 29.8 Å². The van der Waals surface area contributed by atoms with Crippen LogP contribution in [0.4, 0.5) is 0 Å². The van der Waals surface area contributed by atoms with E-state index in [1.165, 1.54) is 5.56 Å². The highest BCUT2D eigenvalue weighted by molar-refractivity contribution is 5.75. The van der Waals surface area contributed by atoms with E-state index in [0.29, 0.717) is 18.9 Å². The van der Waals surface area contributed by atoms with Crippen LogP contribution in [0.15, 0.2) is 24.3 Å². The lowest BCUT2D eigenvalue weighted by atomic mass is 9.99. The molecule has 1 aromatic rings. The lowest BCUT2D eigenvalue weighted by Gasteiger charge is -2.32. The highest BCUT2D eigenvalue weighted by Crippen LogP contribution is 2.19. The molecule has 0 aromatic heterocycles. The van der Waals surface area contributed by atoms with Crippen molar-refractivity contribution in [3.8, 4) is 5.75 Å². The summed E-state index contributed by atoms with van der Waals surface area (Å²) in [5.74, 6) is 1.65. The Bertz CT molecular complexity index is 413. The molecule has 1 saturated heterocycles.